The first kappa shape index (κ1) is 24.1. The van der Waals surface area contributed by atoms with Gasteiger partial charge in [-0.25, -0.2) is 9.97 Å². The van der Waals surface area contributed by atoms with Crippen LogP contribution in [0, 0.1) is 13.8 Å². The number of hydrogen-bond acceptors (Lipinski definition) is 6. The van der Waals surface area contributed by atoms with Crippen LogP contribution in [0.5, 0.6) is 0 Å². The lowest BCUT2D eigenvalue weighted by Crippen LogP contribution is -2.10. The van der Waals surface area contributed by atoms with Crippen LogP contribution < -0.4 is 0 Å². The van der Waals surface area contributed by atoms with Crippen LogP contribution >= 0.6 is 0 Å². The van der Waals surface area contributed by atoms with Gasteiger partial charge in [0, 0.05) is 5.56 Å². The van der Waals surface area contributed by atoms with E-state index in [-0.39, 0.29) is 0 Å². The number of fused-ring (bicyclic) bond motifs is 2. The van der Waals surface area contributed by atoms with Crippen molar-refractivity contribution in [3.63, 3.8) is 0 Å². The molecule has 0 spiro atoms. The maximum absolute atomic E-state index is 11.9. The van der Waals surface area contributed by atoms with Crippen molar-refractivity contribution < 1.29 is 25.9 Å². The summed E-state index contributed by atoms with van der Waals surface area (Å²) in [4.78, 5) is 9.05. The van der Waals surface area contributed by atoms with Gasteiger partial charge in [0.25, 0.3) is 20.2 Å². The monoisotopic (exact) mass is 526 g/mol. The Morgan fingerprint density at radius 2 is 1.36 bits per heavy atom. The SMILES string of the molecule is Cc1cccc(-c2nc3ccc(-c4ccc5c(c4)nc(C)n5CS(=O)(=O)O)cc3n2CS(=O)(=O)O)c1. The summed E-state index contributed by atoms with van der Waals surface area (Å²) in [6.45, 7) is 3.57. The molecule has 5 rings (SSSR count). The van der Waals surface area contributed by atoms with Crippen molar-refractivity contribution in [1.82, 2.24) is 19.1 Å². The molecule has 3 aromatic carbocycles. The summed E-state index contributed by atoms with van der Waals surface area (Å²) in [6, 6.07) is 18.2. The topological polar surface area (TPSA) is 144 Å². The summed E-state index contributed by atoms with van der Waals surface area (Å²) >= 11 is 0. The summed E-state index contributed by atoms with van der Waals surface area (Å²) in [6.07, 6.45) is 0. The first-order valence-electron chi connectivity index (χ1n) is 10.8. The van der Waals surface area contributed by atoms with Crippen LogP contribution in [-0.4, -0.2) is 45.0 Å². The average Bonchev–Trinajstić information content (AvgIpc) is 3.28. The normalized spacial score (nSPS) is 12.6. The molecular formula is C24H22N4O6S2. The van der Waals surface area contributed by atoms with E-state index in [2.05, 4.69) is 9.97 Å². The molecule has 0 saturated heterocycles. The summed E-state index contributed by atoms with van der Waals surface area (Å²) < 4.78 is 68.3. The molecule has 0 bridgehead atoms. The molecule has 0 amide bonds. The van der Waals surface area contributed by atoms with Crippen molar-refractivity contribution in [2.45, 2.75) is 25.6 Å². The van der Waals surface area contributed by atoms with Gasteiger partial charge in [-0.2, -0.15) is 16.8 Å². The zero-order chi connectivity index (χ0) is 25.8. The third-order valence-corrected chi connectivity index (χ3v) is 7.05. The van der Waals surface area contributed by atoms with Gasteiger partial charge in [0.1, 0.15) is 11.6 Å². The number of hydrogen-bond donors (Lipinski definition) is 2. The van der Waals surface area contributed by atoms with Crippen molar-refractivity contribution in [2.24, 2.45) is 0 Å². The van der Waals surface area contributed by atoms with Gasteiger partial charge in [-0.05, 0) is 55.3 Å². The molecule has 36 heavy (non-hydrogen) atoms. The predicted octanol–water partition coefficient (Wildman–Crippen LogP) is 4.03. The zero-order valence-corrected chi connectivity index (χ0v) is 21.0. The Kier molecular flexibility index (Phi) is 5.71. The van der Waals surface area contributed by atoms with E-state index >= 15 is 0 Å². The second-order valence-corrected chi connectivity index (χ2v) is 11.5. The number of imidazole rings is 2. The van der Waals surface area contributed by atoms with E-state index in [0.717, 1.165) is 22.3 Å². The summed E-state index contributed by atoms with van der Waals surface area (Å²) in [5.41, 5.74) is 5.39. The van der Waals surface area contributed by atoms with E-state index in [1.54, 1.807) is 37.3 Å². The van der Waals surface area contributed by atoms with E-state index in [0.29, 0.717) is 33.7 Å². The molecule has 0 atom stereocenters. The fourth-order valence-electron chi connectivity index (χ4n) is 4.36. The maximum atomic E-state index is 11.9. The smallest absolute Gasteiger partial charge is 0.283 e. The number of rotatable bonds is 6. The van der Waals surface area contributed by atoms with Crippen LogP contribution in [0.25, 0.3) is 44.6 Å². The van der Waals surface area contributed by atoms with E-state index in [1.807, 2.05) is 37.3 Å². The third kappa shape index (κ3) is 4.75. The predicted molar refractivity (Wildman–Crippen MR) is 136 cm³/mol. The summed E-state index contributed by atoms with van der Waals surface area (Å²) in [7, 11) is -8.61. The van der Waals surface area contributed by atoms with E-state index in [9.17, 15) is 25.9 Å². The van der Waals surface area contributed by atoms with E-state index < -0.39 is 32.0 Å². The van der Waals surface area contributed by atoms with Gasteiger partial charge in [-0.15, -0.1) is 0 Å². The highest BCUT2D eigenvalue weighted by molar-refractivity contribution is 7.85. The Hall–Kier alpha value is -3.58. The van der Waals surface area contributed by atoms with Gasteiger partial charge in [-0.1, -0.05) is 35.9 Å². The molecule has 0 radical (unpaired) electrons. The van der Waals surface area contributed by atoms with Crippen molar-refractivity contribution in [2.75, 3.05) is 0 Å². The molecule has 0 aliphatic heterocycles. The van der Waals surface area contributed by atoms with Crippen LogP contribution in [0.15, 0.2) is 60.7 Å². The van der Waals surface area contributed by atoms with Gasteiger partial charge in [0.2, 0.25) is 0 Å². The Bertz CT molecular complexity index is 1870. The zero-order valence-electron chi connectivity index (χ0n) is 19.3. The van der Waals surface area contributed by atoms with Crippen LogP contribution in [0.1, 0.15) is 11.4 Å². The summed E-state index contributed by atoms with van der Waals surface area (Å²) in [5, 5.41) is 0. The molecule has 2 N–H and O–H groups in total. The van der Waals surface area contributed by atoms with Gasteiger partial charge in [-0.3, -0.25) is 9.11 Å². The molecule has 0 unspecified atom stereocenters. The molecule has 10 nitrogen and oxygen atoms in total. The number of benzene rings is 3. The minimum atomic E-state index is -4.36. The quantitative estimate of drug-likeness (QED) is 0.316. The van der Waals surface area contributed by atoms with E-state index in [1.165, 1.54) is 9.13 Å². The van der Waals surface area contributed by atoms with Crippen molar-refractivity contribution in [3.05, 3.63) is 72.1 Å². The lowest BCUT2D eigenvalue weighted by atomic mass is 10.0. The molecule has 0 saturated carbocycles. The molecule has 0 fully saturated rings. The third-order valence-electron chi connectivity index (χ3n) is 5.88. The number of aryl methyl sites for hydroxylation is 2. The Morgan fingerprint density at radius 1 is 0.694 bits per heavy atom. The Labute approximate surface area is 207 Å². The number of nitrogens with zero attached hydrogens (tertiary/aromatic N) is 4. The molecule has 5 aromatic rings. The number of aromatic nitrogens is 4. The van der Waals surface area contributed by atoms with Crippen molar-refractivity contribution in [3.8, 4) is 22.5 Å². The van der Waals surface area contributed by atoms with Crippen molar-refractivity contribution >= 4 is 42.3 Å². The Morgan fingerprint density at radius 3 is 2.06 bits per heavy atom. The molecule has 0 aliphatic carbocycles. The molecular weight excluding hydrogens is 504 g/mol. The largest absolute Gasteiger partial charge is 0.311 e. The molecule has 12 heteroatoms. The van der Waals surface area contributed by atoms with Gasteiger partial charge >= 0.3 is 0 Å². The first-order chi connectivity index (χ1) is 16.9. The standard InChI is InChI=1S/C24H22N4O6S2/c1-15-4-3-5-19(10-15)24-26-20-8-6-18(12-23(20)28(24)14-36(32,33)34)17-7-9-22-21(11-17)25-16(2)27(22)13-35(29,30)31/h3-12H,13-14H2,1-2H3,(H,29,30,31)(H,32,33,34). The maximum Gasteiger partial charge on any atom is 0.283 e. The highest BCUT2D eigenvalue weighted by Gasteiger charge is 2.19. The minimum Gasteiger partial charge on any atom is -0.311 e. The van der Waals surface area contributed by atoms with Crippen molar-refractivity contribution in [1.29, 1.82) is 0 Å². The second kappa shape index (κ2) is 8.52. The Balaban J connectivity index is 1.66. The van der Waals surface area contributed by atoms with Crippen LogP contribution in [-0.2, 0) is 32.0 Å². The van der Waals surface area contributed by atoms with Gasteiger partial charge in [0.15, 0.2) is 11.8 Å². The highest BCUT2D eigenvalue weighted by atomic mass is 32.2. The molecule has 2 heterocycles. The fourth-order valence-corrected chi connectivity index (χ4v) is 5.60. The highest BCUT2D eigenvalue weighted by Crippen LogP contribution is 2.31. The second-order valence-electron chi connectivity index (χ2n) is 8.65. The van der Waals surface area contributed by atoms with Gasteiger partial charge < -0.3 is 9.13 Å². The lowest BCUT2D eigenvalue weighted by Gasteiger charge is -2.09. The van der Waals surface area contributed by atoms with Crippen LogP contribution in [0.4, 0.5) is 0 Å². The first-order valence-corrected chi connectivity index (χ1v) is 14.0. The van der Waals surface area contributed by atoms with Crippen LogP contribution in [0.2, 0.25) is 0 Å². The van der Waals surface area contributed by atoms with Gasteiger partial charge in [0.05, 0.1) is 22.1 Å². The molecule has 186 valence electrons. The minimum absolute atomic E-state index is 0.415. The summed E-state index contributed by atoms with van der Waals surface area (Å²) in [5.74, 6) is -0.408. The van der Waals surface area contributed by atoms with E-state index in [4.69, 9.17) is 0 Å². The molecule has 0 aliphatic rings. The van der Waals surface area contributed by atoms with Crippen LogP contribution in [0.3, 0.4) is 0 Å². The fraction of sp³-hybridized carbons (Fsp3) is 0.167. The molecule has 2 aromatic heterocycles. The average molecular weight is 527 g/mol. The lowest BCUT2D eigenvalue weighted by molar-refractivity contribution is 0.470.